The van der Waals surface area contributed by atoms with Crippen molar-refractivity contribution in [3.8, 4) is 5.75 Å². The van der Waals surface area contributed by atoms with Gasteiger partial charge in [0.05, 0.1) is 26.4 Å². The molecule has 2 aliphatic rings. The summed E-state index contributed by atoms with van der Waals surface area (Å²) >= 11 is 0. The van der Waals surface area contributed by atoms with E-state index >= 15 is 0 Å². The maximum Gasteiger partial charge on any atom is 0.251 e. The number of benzene rings is 2. The summed E-state index contributed by atoms with van der Waals surface area (Å²) in [4.78, 5) is 15.5. The number of hydrogen-bond acceptors (Lipinski definition) is 4. The molecule has 2 aliphatic heterocycles. The largest absolute Gasteiger partial charge is 0.497 e. The predicted molar refractivity (Wildman–Crippen MR) is 109 cm³/mol. The Hall–Kier alpha value is -2.37. The lowest BCUT2D eigenvalue weighted by atomic mass is 9.99. The van der Waals surface area contributed by atoms with Crippen LogP contribution in [0.5, 0.6) is 5.75 Å². The lowest BCUT2D eigenvalue weighted by Gasteiger charge is -2.25. The molecule has 1 N–H and O–H groups in total. The van der Waals surface area contributed by atoms with Crippen molar-refractivity contribution < 1.29 is 14.3 Å². The van der Waals surface area contributed by atoms with Crippen molar-refractivity contribution in [3.63, 3.8) is 0 Å². The Bertz CT molecular complexity index is 813. The molecule has 0 spiro atoms. The van der Waals surface area contributed by atoms with Crippen LogP contribution in [-0.4, -0.2) is 44.2 Å². The number of likely N-dealkylation sites (tertiary alicyclic amines) is 1. The quantitative estimate of drug-likeness (QED) is 0.835. The molecule has 1 amide bonds. The summed E-state index contributed by atoms with van der Waals surface area (Å²) < 4.78 is 10.8. The van der Waals surface area contributed by atoms with Gasteiger partial charge >= 0.3 is 0 Å². The average molecular weight is 380 g/mol. The third-order valence-electron chi connectivity index (χ3n) is 5.70. The minimum atomic E-state index is -0.0455. The number of methoxy groups -OCH3 is 1. The van der Waals surface area contributed by atoms with Crippen LogP contribution in [0.1, 0.15) is 45.9 Å². The maximum atomic E-state index is 13.0. The first-order valence-corrected chi connectivity index (χ1v) is 10.1. The van der Waals surface area contributed by atoms with Gasteiger partial charge in [-0.2, -0.15) is 0 Å². The van der Waals surface area contributed by atoms with E-state index in [1.54, 1.807) is 7.11 Å². The fourth-order valence-corrected chi connectivity index (χ4v) is 4.04. The molecule has 1 fully saturated rings. The molecule has 4 rings (SSSR count). The zero-order valence-corrected chi connectivity index (χ0v) is 16.4. The first-order chi connectivity index (χ1) is 13.7. The van der Waals surface area contributed by atoms with E-state index in [1.165, 1.54) is 24.0 Å². The molecule has 0 bridgehead atoms. The zero-order valence-electron chi connectivity index (χ0n) is 16.4. The van der Waals surface area contributed by atoms with Gasteiger partial charge in [0, 0.05) is 12.1 Å². The van der Waals surface area contributed by atoms with Crippen LogP contribution in [0.15, 0.2) is 42.5 Å². The number of hydrogen-bond donors (Lipinski definition) is 1. The highest BCUT2D eigenvalue weighted by Gasteiger charge is 2.22. The molecule has 148 valence electrons. The number of nitrogens with one attached hydrogen (secondary N) is 1. The van der Waals surface area contributed by atoms with E-state index in [9.17, 15) is 4.79 Å². The molecule has 0 saturated carbocycles. The van der Waals surface area contributed by atoms with Gasteiger partial charge in [-0.3, -0.25) is 4.79 Å². The van der Waals surface area contributed by atoms with Crippen LogP contribution in [0.3, 0.4) is 0 Å². The monoisotopic (exact) mass is 380 g/mol. The van der Waals surface area contributed by atoms with E-state index in [1.807, 2.05) is 42.5 Å². The molecule has 0 radical (unpaired) electrons. The van der Waals surface area contributed by atoms with Gasteiger partial charge in [-0.1, -0.05) is 18.2 Å². The molecule has 1 atom stereocenters. The predicted octanol–water partition coefficient (Wildman–Crippen LogP) is 3.33. The van der Waals surface area contributed by atoms with Gasteiger partial charge in [0.25, 0.3) is 5.91 Å². The Morgan fingerprint density at radius 1 is 1.14 bits per heavy atom. The Morgan fingerprint density at radius 3 is 2.68 bits per heavy atom. The van der Waals surface area contributed by atoms with Crippen LogP contribution in [0, 0.1) is 0 Å². The summed E-state index contributed by atoms with van der Waals surface area (Å²) in [5.41, 5.74) is 4.24. The third-order valence-corrected chi connectivity index (χ3v) is 5.70. The number of rotatable bonds is 6. The zero-order chi connectivity index (χ0) is 19.3. The lowest BCUT2D eigenvalue weighted by Crippen LogP contribution is -2.37. The average Bonchev–Trinajstić information content (AvgIpc) is 3.26. The minimum Gasteiger partial charge on any atom is -0.497 e. The van der Waals surface area contributed by atoms with Crippen LogP contribution in [0.2, 0.25) is 0 Å². The van der Waals surface area contributed by atoms with Crippen LogP contribution in [0.4, 0.5) is 0 Å². The van der Waals surface area contributed by atoms with E-state index in [0.717, 1.165) is 49.5 Å². The summed E-state index contributed by atoms with van der Waals surface area (Å²) in [6.07, 6.45) is 3.33. The van der Waals surface area contributed by atoms with Crippen molar-refractivity contribution in [2.75, 3.05) is 33.4 Å². The summed E-state index contributed by atoms with van der Waals surface area (Å²) in [5, 5.41) is 3.27. The van der Waals surface area contributed by atoms with E-state index < -0.39 is 0 Å². The van der Waals surface area contributed by atoms with E-state index in [2.05, 4.69) is 10.2 Å². The number of amides is 1. The van der Waals surface area contributed by atoms with Gasteiger partial charge < -0.3 is 19.7 Å². The van der Waals surface area contributed by atoms with Crippen LogP contribution in [-0.2, 0) is 17.8 Å². The van der Waals surface area contributed by atoms with Gasteiger partial charge in [-0.05, 0) is 73.3 Å². The number of carbonyl (C=O) groups excluding carboxylic acids is 1. The SMILES string of the molecule is COc1ccc(C(CN2CCCC2)NC(=O)c2ccc3c(c2)CCOC3)cc1. The van der Waals surface area contributed by atoms with Crippen LogP contribution >= 0.6 is 0 Å². The number of fused-ring (bicyclic) bond motifs is 1. The second-order valence-corrected chi connectivity index (χ2v) is 7.59. The molecule has 2 heterocycles. The minimum absolute atomic E-state index is 0.0192. The lowest BCUT2D eigenvalue weighted by molar-refractivity contribution is 0.0925. The van der Waals surface area contributed by atoms with Crippen molar-refractivity contribution in [1.29, 1.82) is 0 Å². The van der Waals surface area contributed by atoms with Gasteiger partial charge in [0.1, 0.15) is 5.75 Å². The Morgan fingerprint density at radius 2 is 1.93 bits per heavy atom. The van der Waals surface area contributed by atoms with Crippen molar-refractivity contribution in [2.45, 2.75) is 31.9 Å². The van der Waals surface area contributed by atoms with Crippen LogP contribution in [0.25, 0.3) is 0 Å². The van der Waals surface area contributed by atoms with Crippen molar-refractivity contribution >= 4 is 5.91 Å². The molecule has 2 aromatic carbocycles. The molecule has 0 aromatic heterocycles. The highest BCUT2D eigenvalue weighted by molar-refractivity contribution is 5.94. The first kappa shape index (κ1) is 19.0. The van der Waals surface area contributed by atoms with Gasteiger partial charge in [0.2, 0.25) is 0 Å². The Labute approximate surface area is 166 Å². The summed E-state index contributed by atoms with van der Waals surface area (Å²) in [7, 11) is 1.67. The summed E-state index contributed by atoms with van der Waals surface area (Å²) in [6.45, 7) is 4.39. The normalized spacial score (nSPS) is 17.8. The number of nitrogens with zero attached hydrogens (tertiary/aromatic N) is 1. The van der Waals surface area contributed by atoms with Gasteiger partial charge in [-0.15, -0.1) is 0 Å². The molecule has 28 heavy (non-hydrogen) atoms. The standard InChI is InChI=1S/C23H28N2O3/c1-27-21-8-6-17(7-9-21)22(15-25-11-2-3-12-25)24-23(26)19-4-5-20-16-28-13-10-18(20)14-19/h4-9,14,22H,2-3,10-13,15-16H2,1H3,(H,24,26). The molecule has 0 aliphatic carbocycles. The maximum absolute atomic E-state index is 13.0. The van der Waals surface area contributed by atoms with Gasteiger partial charge in [-0.25, -0.2) is 0 Å². The highest BCUT2D eigenvalue weighted by Crippen LogP contribution is 2.23. The van der Waals surface area contributed by atoms with Gasteiger partial charge in [0.15, 0.2) is 0 Å². The van der Waals surface area contributed by atoms with E-state index in [-0.39, 0.29) is 11.9 Å². The summed E-state index contributed by atoms with van der Waals surface area (Å²) in [5.74, 6) is 0.807. The fourth-order valence-electron chi connectivity index (χ4n) is 4.04. The summed E-state index contributed by atoms with van der Waals surface area (Å²) in [6, 6.07) is 13.9. The van der Waals surface area contributed by atoms with Crippen molar-refractivity contribution in [2.24, 2.45) is 0 Å². The molecule has 1 saturated heterocycles. The first-order valence-electron chi connectivity index (χ1n) is 10.1. The smallest absolute Gasteiger partial charge is 0.251 e. The van der Waals surface area contributed by atoms with Crippen molar-refractivity contribution in [1.82, 2.24) is 10.2 Å². The topological polar surface area (TPSA) is 50.8 Å². The second-order valence-electron chi connectivity index (χ2n) is 7.59. The molecule has 1 unspecified atom stereocenters. The van der Waals surface area contributed by atoms with Crippen molar-refractivity contribution in [3.05, 3.63) is 64.7 Å². The Balaban J connectivity index is 1.52. The molecule has 5 nitrogen and oxygen atoms in total. The fraction of sp³-hybridized carbons (Fsp3) is 0.435. The Kier molecular flexibility index (Phi) is 5.93. The molecule has 2 aromatic rings. The highest BCUT2D eigenvalue weighted by atomic mass is 16.5. The van der Waals surface area contributed by atoms with E-state index in [4.69, 9.17) is 9.47 Å². The molecule has 5 heteroatoms. The van der Waals surface area contributed by atoms with E-state index in [0.29, 0.717) is 6.61 Å². The molecular formula is C23H28N2O3. The second kappa shape index (κ2) is 8.76. The number of carbonyl (C=O) groups is 1. The molecular weight excluding hydrogens is 352 g/mol. The third kappa shape index (κ3) is 4.37. The van der Waals surface area contributed by atoms with Crippen LogP contribution < -0.4 is 10.1 Å². The number of ether oxygens (including phenoxy) is 2.